The van der Waals surface area contributed by atoms with Crippen molar-refractivity contribution in [1.29, 1.82) is 0 Å². The molecule has 2 aromatic rings. The van der Waals surface area contributed by atoms with E-state index in [2.05, 4.69) is 17.9 Å². The fourth-order valence-electron chi connectivity index (χ4n) is 2.96. The molecule has 1 aliphatic rings. The first-order valence-corrected chi connectivity index (χ1v) is 9.69. The van der Waals surface area contributed by atoms with Gasteiger partial charge in [0, 0.05) is 30.0 Å². The molecule has 2 atom stereocenters. The highest BCUT2D eigenvalue weighted by Gasteiger charge is 2.26. The third-order valence-corrected chi connectivity index (χ3v) is 5.98. The molecule has 134 valence electrons. The van der Waals surface area contributed by atoms with Crippen LogP contribution in [0.2, 0.25) is 5.02 Å². The molecule has 25 heavy (non-hydrogen) atoms. The number of hydrogen-bond acceptors (Lipinski definition) is 4. The fraction of sp³-hybridized carbons (Fsp3) is 0.421. The molecule has 0 spiro atoms. The summed E-state index contributed by atoms with van der Waals surface area (Å²) in [6.45, 7) is 4.61. The Morgan fingerprint density at radius 3 is 2.84 bits per heavy atom. The molecular weight excluding hydrogens is 356 g/mol. The number of carbonyl (C=O) groups is 1. The van der Waals surface area contributed by atoms with Crippen molar-refractivity contribution >= 4 is 28.8 Å². The van der Waals surface area contributed by atoms with Gasteiger partial charge in [-0.3, -0.25) is 9.69 Å². The molecule has 1 amide bonds. The van der Waals surface area contributed by atoms with Crippen LogP contribution in [-0.2, 0) is 9.53 Å². The molecule has 4 nitrogen and oxygen atoms in total. The van der Waals surface area contributed by atoms with Crippen LogP contribution in [0.3, 0.4) is 0 Å². The highest BCUT2D eigenvalue weighted by Crippen LogP contribution is 2.25. The summed E-state index contributed by atoms with van der Waals surface area (Å²) >= 11 is 7.64. The fourth-order valence-corrected chi connectivity index (χ4v) is 3.92. The van der Waals surface area contributed by atoms with E-state index in [1.54, 1.807) is 11.3 Å². The van der Waals surface area contributed by atoms with Crippen molar-refractivity contribution in [2.45, 2.75) is 19.1 Å². The first kappa shape index (κ1) is 18.4. The topological polar surface area (TPSA) is 32.8 Å². The zero-order valence-corrected chi connectivity index (χ0v) is 16.1. The summed E-state index contributed by atoms with van der Waals surface area (Å²) in [5, 5.41) is 2.76. The Hall–Kier alpha value is -1.40. The third kappa shape index (κ3) is 4.61. The van der Waals surface area contributed by atoms with Crippen LogP contribution in [0.1, 0.15) is 29.5 Å². The summed E-state index contributed by atoms with van der Waals surface area (Å²) in [5.41, 5.74) is 1.10. The lowest BCUT2D eigenvalue weighted by atomic mass is 10.1. The van der Waals surface area contributed by atoms with Gasteiger partial charge in [0.15, 0.2) is 0 Å². The van der Waals surface area contributed by atoms with Gasteiger partial charge in [-0.1, -0.05) is 29.8 Å². The van der Waals surface area contributed by atoms with Crippen LogP contribution in [0.15, 0.2) is 41.8 Å². The van der Waals surface area contributed by atoms with Crippen LogP contribution in [0, 0.1) is 0 Å². The molecule has 0 bridgehead atoms. The van der Waals surface area contributed by atoms with Crippen molar-refractivity contribution in [2.24, 2.45) is 0 Å². The van der Waals surface area contributed by atoms with E-state index in [1.807, 2.05) is 47.7 Å². The second kappa shape index (κ2) is 8.32. The number of amides is 1. The van der Waals surface area contributed by atoms with E-state index in [9.17, 15) is 4.79 Å². The largest absolute Gasteiger partial charge is 0.371 e. The van der Waals surface area contributed by atoms with Crippen LogP contribution in [0.4, 0.5) is 0 Å². The maximum absolute atomic E-state index is 12.7. The lowest BCUT2D eigenvalue weighted by Crippen LogP contribution is -2.45. The molecule has 1 aromatic heterocycles. The second-order valence-electron chi connectivity index (χ2n) is 6.34. The Balaban J connectivity index is 1.58. The number of morpholine rings is 1. The summed E-state index contributed by atoms with van der Waals surface area (Å²) in [6.07, 6.45) is -0.0150. The Kier molecular flexibility index (Phi) is 6.12. The minimum atomic E-state index is -0.0150. The van der Waals surface area contributed by atoms with Crippen LogP contribution in [-0.4, -0.2) is 49.0 Å². The zero-order valence-electron chi connectivity index (χ0n) is 14.5. The van der Waals surface area contributed by atoms with Gasteiger partial charge in [-0.2, -0.15) is 0 Å². The quantitative estimate of drug-likeness (QED) is 0.788. The lowest BCUT2D eigenvalue weighted by molar-refractivity contribution is -0.135. The first-order valence-electron chi connectivity index (χ1n) is 8.43. The Morgan fingerprint density at radius 2 is 2.16 bits per heavy atom. The summed E-state index contributed by atoms with van der Waals surface area (Å²) in [5.74, 6) is 0.137. The third-order valence-electron chi connectivity index (χ3n) is 4.68. The average molecular weight is 379 g/mol. The van der Waals surface area contributed by atoms with Crippen LogP contribution in [0.5, 0.6) is 0 Å². The molecule has 2 heterocycles. The summed E-state index contributed by atoms with van der Waals surface area (Å²) in [7, 11) is 1.88. The molecule has 1 aromatic carbocycles. The summed E-state index contributed by atoms with van der Waals surface area (Å²) in [4.78, 5) is 17.9. The molecule has 0 N–H and O–H groups in total. The Labute approximate surface area is 158 Å². The summed E-state index contributed by atoms with van der Waals surface area (Å²) < 4.78 is 5.87. The second-order valence-corrected chi connectivity index (χ2v) is 7.76. The Morgan fingerprint density at radius 1 is 1.40 bits per heavy atom. The number of rotatable bonds is 5. The van der Waals surface area contributed by atoms with Crippen molar-refractivity contribution in [2.75, 3.05) is 33.3 Å². The van der Waals surface area contributed by atoms with Crippen molar-refractivity contribution in [3.63, 3.8) is 0 Å². The van der Waals surface area contributed by atoms with Gasteiger partial charge in [0.05, 0.1) is 25.3 Å². The number of carbonyl (C=O) groups excluding carboxylic acids is 1. The normalized spacial score (nSPS) is 19.6. The monoisotopic (exact) mass is 378 g/mol. The molecule has 1 aliphatic heterocycles. The van der Waals surface area contributed by atoms with Crippen molar-refractivity contribution in [3.05, 3.63) is 57.2 Å². The zero-order chi connectivity index (χ0) is 17.8. The molecule has 1 fully saturated rings. The standard InChI is InChI=1S/C19H23ClN2O2S/c1-14(18-4-3-11-25-18)21(2)19(23)13-22-9-10-24-17(12-22)15-5-7-16(20)8-6-15/h3-8,11,14,17H,9-10,12-13H2,1-2H3. The Bertz CT molecular complexity index is 690. The lowest BCUT2D eigenvalue weighted by Gasteiger charge is -2.34. The molecule has 1 saturated heterocycles. The van der Waals surface area contributed by atoms with E-state index in [0.29, 0.717) is 19.7 Å². The minimum Gasteiger partial charge on any atom is -0.371 e. The predicted octanol–water partition coefficient (Wildman–Crippen LogP) is 3.99. The molecule has 0 aliphatic carbocycles. The molecule has 0 saturated carbocycles. The van der Waals surface area contributed by atoms with E-state index < -0.39 is 0 Å². The van der Waals surface area contributed by atoms with Crippen molar-refractivity contribution in [1.82, 2.24) is 9.80 Å². The van der Waals surface area contributed by atoms with Gasteiger partial charge in [-0.05, 0) is 36.1 Å². The first-order chi connectivity index (χ1) is 12.0. The number of halogens is 1. The van der Waals surface area contributed by atoms with Crippen molar-refractivity contribution < 1.29 is 9.53 Å². The molecule has 2 unspecified atom stereocenters. The van der Waals surface area contributed by atoms with Gasteiger partial charge >= 0.3 is 0 Å². The SMILES string of the molecule is CC(c1cccs1)N(C)C(=O)CN1CCOC(c2ccc(Cl)cc2)C1. The van der Waals surface area contributed by atoms with E-state index in [4.69, 9.17) is 16.3 Å². The highest BCUT2D eigenvalue weighted by molar-refractivity contribution is 7.10. The average Bonchev–Trinajstić information content (AvgIpc) is 3.16. The number of hydrogen-bond donors (Lipinski definition) is 0. The molecule has 6 heteroatoms. The maximum Gasteiger partial charge on any atom is 0.237 e. The predicted molar refractivity (Wildman–Crippen MR) is 102 cm³/mol. The summed E-state index contributed by atoms with van der Waals surface area (Å²) in [6, 6.07) is 11.9. The van der Waals surface area contributed by atoms with Crippen LogP contribution < -0.4 is 0 Å². The number of likely N-dealkylation sites (N-methyl/N-ethyl adjacent to an activating group) is 1. The van der Waals surface area contributed by atoms with Gasteiger partial charge in [0.2, 0.25) is 5.91 Å². The van der Waals surface area contributed by atoms with E-state index in [0.717, 1.165) is 17.1 Å². The number of ether oxygens (including phenoxy) is 1. The van der Waals surface area contributed by atoms with Crippen LogP contribution >= 0.6 is 22.9 Å². The number of thiophene rings is 1. The van der Waals surface area contributed by atoms with E-state index in [-0.39, 0.29) is 18.1 Å². The number of benzene rings is 1. The van der Waals surface area contributed by atoms with Crippen molar-refractivity contribution in [3.8, 4) is 0 Å². The van der Waals surface area contributed by atoms with E-state index >= 15 is 0 Å². The van der Waals surface area contributed by atoms with Gasteiger partial charge in [0.25, 0.3) is 0 Å². The molecular formula is C19H23ClN2O2S. The van der Waals surface area contributed by atoms with Gasteiger partial charge in [0.1, 0.15) is 0 Å². The highest BCUT2D eigenvalue weighted by atomic mass is 35.5. The van der Waals surface area contributed by atoms with Gasteiger partial charge in [-0.25, -0.2) is 0 Å². The van der Waals surface area contributed by atoms with Gasteiger partial charge < -0.3 is 9.64 Å². The maximum atomic E-state index is 12.7. The van der Waals surface area contributed by atoms with Crippen LogP contribution in [0.25, 0.3) is 0 Å². The molecule has 0 radical (unpaired) electrons. The van der Waals surface area contributed by atoms with E-state index in [1.165, 1.54) is 4.88 Å². The van der Waals surface area contributed by atoms with Gasteiger partial charge in [-0.15, -0.1) is 11.3 Å². The smallest absolute Gasteiger partial charge is 0.237 e. The molecule has 3 rings (SSSR count). The minimum absolute atomic E-state index is 0.0150. The number of nitrogens with zero attached hydrogens (tertiary/aromatic N) is 2.